The Labute approximate surface area is 71.9 Å². The number of aromatic nitrogens is 1. The molecule has 0 saturated carbocycles. The van der Waals surface area contributed by atoms with Crippen LogP contribution in [0.1, 0.15) is 19.8 Å². The van der Waals surface area contributed by atoms with Gasteiger partial charge < -0.3 is 9.72 Å². The molecule has 2 nitrogen and oxygen atoms in total. The fraction of sp³-hybridized carbons (Fsp3) is 0.400. The van der Waals surface area contributed by atoms with Gasteiger partial charge in [0.25, 0.3) is 0 Å². The zero-order valence-corrected chi connectivity index (χ0v) is 7.26. The van der Waals surface area contributed by atoms with Crippen molar-refractivity contribution in [3.63, 3.8) is 0 Å². The molecular weight excluding hydrogens is 150 g/mol. The first-order valence-electron chi connectivity index (χ1n) is 4.44. The number of benzene rings is 1. The molecule has 0 aliphatic carbocycles. The van der Waals surface area contributed by atoms with Gasteiger partial charge in [-0.2, -0.15) is 0 Å². The zero-order valence-electron chi connectivity index (χ0n) is 7.26. The van der Waals surface area contributed by atoms with Crippen molar-refractivity contribution in [1.29, 1.82) is 0 Å². The summed E-state index contributed by atoms with van der Waals surface area (Å²) < 4.78 is 5.57. The predicted octanol–water partition coefficient (Wildman–Crippen LogP) is 2.78. The van der Waals surface area contributed by atoms with Gasteiger partial charge in [0.2, 0.25) is 0 Å². The molecule has 0 amide bonds. The maximum Gasteiger partial charge on any atom is 0.144 e. The molecule has 2 heteroatoms. The summed E-state index contributed by atoms with van der Waals surface area (Å²) in [6.07, 6.45) is 2.31. The molecule has 0 atom stereocenters. The minimum atomic E-state index is 0.828. The Morgan fingerprint density at radius 3 is 2.92 bits per heavy atom. The number of nitrogens with one attached hydrogen (secondary N) is 1. The van der Waals surface area contributed by atoms with Gasteiger partial charge in [0.1, 0.15) is 5.75 Å². The Morgan fingerprint density at radius 1 is 1.42 bits per heavy atom. The third-order valence-electron chi connectivity index (χ3n) is 2.02. The Hall–Kier alpha value is -1.18. The summed E-state index contributed by atoms with van der Waals surface area (Å²) in [7, 11) is 0. The van der Waals surface area contributed by atoms with Crippen LogP contribution in [0.2, 0.25) is 0 Å². The molecule has 12 heavy (non-hydrogen) atoms. The molecule has 0 aliphatic heterocycles. The van der Waals surface area contributed by atoms with Crippen molar-refractivity contribution in [2.24, 2.45) is 0 Å². The molecule has 1 N–H and O–H groups in total. The number of H-pyrrole nitrogens is 1. The third-order valence-corrected chi connectivity index (χ3v) is 2.02. The number of rotatable bonds is 4. The normalized spacial score (nSPS) is 11.1. The summed E-state index contributed by atoms with van der Waals surface area (Å²) in [5.74, 6) is 1.00. The van der Waals surface area contributed by atoms with Crippen LogP contribution in [0, 0.1) is 0 Å². The maximum atomic E-state index is 5.57. The molecule has 0 fully saturated rings. The molecule has 2 aromatic rings. The van der Waals surface area contributed by atoms with Crippen molar-refractivity contribution < 1.29 is 4.74 Å². The highest BCUT2D eigenvalue weighted by molar-refractivity contribution is 5.74. The maximum absolute atomic E-state index is 5.57. The lowest BCUT2D eigenvalue weighted by Gasteiger charge is -2.02. The molecule has 0 aromatic carbocycles. The fourth-order valence-electron chi connectivity index (χ4n) is 1.30. The minimum Gasteiger partial charge on any atom is -0.491 e. The van der Waals surface area contributed by atoms with E-state index in [9.17, 15) is 0 Å². The van der Waals surface area contributed by atoms with Crippen molar-refractivity contribution in [3.05, 3.63) is 18.2 Å². The van der Waals surface area contributed by atoms with Gasteiger partial charge in [-0.1, -0.05) is 13.3 Å². The minimum absolute atomic E-state index is 0.828. The van der Waals surface area contributed by atoms with Crippen LogP contribution in [0.4, 0.5) is 0 Å². The summed E-state index contributed by atoms with van der Waals surface area (Å²) in [6.45, 7) is 2.99. The van der Waals surface area contributed by atoms with Gasteiger partial charge in [-0.15, -0.1) is 0 Å². The highest BCUT2D eigenvalue weighted by atomic mass is 16.5. The second-order valence-corrected chi connectivity index (χ2v) is 3.04. The van der Waals surface area contributed by atoms with E-state index in [4.69, 9.17) is 4.74 Å². The van der Waals surface area contributed by atoms with E-state index >= 15 is 0 Å². The van der Waals surface area contributed by atoms with Gasteiger partial charge in [0.15, 0.2) is 0 Å². The second-order valence-electron chi connectivity index (χ2n) is 3.04. The number of ether oxygens (including phenoxy) is 1. The fourth-order valence-corrected chi connectivity index (χ4v) is 1.30. The highest BCUT2D eigenvalue weighted by Gasteiger charge is 2.03. The smallest absolute Gasteiger partial charge is 0.144 e. The molecule has 2 heterocycles. The van der Waals surface area contributed by atoms with E-state index in [-0.39, 0.29) is 0 Å². The lowest BCUT2D eigenvalue weighted by atomic mass is 10.3. The molecule has 0 radical (unpaired) electrons. The zero-order chi connectivity index (χ0) is 8.39. The SMILES string of the molecule is CCCCOc1cc2ccc1[nH]2. The van der Waals surface area contributed by atoms with Crippen LogP contribution >= 0.6 is 0 Å². The van der Waals surface area contributed by atoms with E-state index < -0.39 is 0 Å². The van der Waals surface area contributed by atoms with Crippen LogP contribution in [-0.2, 0) is 0 Å². The van der Waals surface area contributed by atoms with E-state index in [0.29, 0.717) is 0 Å². The highest BCUT2D eigenvalue weighted by Crippen LogP contribution is 2.25. The van der Waals surface area contributed by atoms with E-state index in [1.165, 1.54) is 6.42 Å². The third kappa shape index (κ3) is 1.24. The lowest BCUT2D eigenvalue weighted by molar-refractivity contribution is 0.313. The number of unbranched alkanes of at least 4 members (excludes halogenated alkanes) is 1. The summed E-state index contributed by atoms with van der Waals surface area (Å²) in [4.78, 5) is 3.21. The van der Waals surface area contributed by atoms with Crippen molar-refractivity contribution in [1.82, 2.24) is 4.98 Å². The monoisotopic (exact) mass is 163 g/mol. The van der Waals surface area contributed by atoms with Crippen molar-refractivity contribution in [2.45, 2.75) is 19.8 Å². The average molecular weight is 163 g/mol. The van der Waals surface area contributed by atoms with Crippen LogP contribution in [0.25, 0.3) is 11.0 Å². The first-order chi connectivity index (χ1) is 5.90. The van der Waals surface area contributed by atoms with E-state index in [2.05, 4.69) is 24.0 Å². The van der Waals surface area contributed by atoms with Crippen molar-refractivity contribution in [3.8, 4) is 5.75 Å². The molecule has 2 rings (SSSR count). The standard InChI is InChI=1S/C10H13NO/c1-2-3-6-12-10-7-8-4-5-9(10)11-8/h4-5,7,11H,2-3,6H2,1H3. The van der Waals surface area contributed by atoms with E-state index in [1.807, 2.05) is 6.07 Å². The summed E-state index contributed by atoms with van der Waals surface area (Å²) in [5, 5.41) is 0. The Bertz CT molecular complexity index is 339. The molecule has 0 unspecified atom stereocenters. The largest absolute Gasteiger partial charge is 0.491 e. The molecular formula is C10H13NO. The number of hydrogen-bond donors (Lipinski definition) is 1. The van der Waals surface area contributed by atoms with Gasteiger partial charge in [-0.3, -0.25) is 0 Å². The first-order valence-corrected chi connectivity index (χ1v) is 4.44. The van der Waals surface area contributed by atoms with Crippen LogP contribution in [0.15, 0.2) is 18.2 Å². The van der Waals surface area contributed by atoms with Crippen LogP contribution in [-0.4, -0.2) is 11.6 Å². The Kier molecular flexibility index (Phi) is 1.90. The molecule has 2 aromatic heterocycles. The lowest BCUT2D eigenvalue weighted by Crippen LogP contribution is -1.95. The Balaban J connectivity index is 1.99. The average Bonchev–Trinajstić information content (AvgIpc) is 2.65. The predicted molar refractivity (Wildman–Crippen MR) is 49.9 cm³/mol. The molecule has 0 aliphatic rings. The van der Waals surface area contributed by atoms with Crippen LogP contribution < -0.4 is 4.74 Å². The van der Waals surface area contributed by atoms with Gasteiger partial charge in [0, 0.05) is 11.6 Å². The summed E-state index contributed by atoms with van der Waals surface area (Å²) in [5.41, 5.74) is 2.26. The van der Waals surface area contributed by atoms with Crippen molar-refractivity contribution >= 4 is 11.0 Å². The van der Waals surface area contributed by atoms with Gasteiger partial charge >= 0.3 is 0 Å². The topological polar surface area (TPSA) is 25.0 Å². The van der Waals surface area contributed by atoms with Crippen molar-refractivity contribution in [2.75, 3.05) is 6.61 Å². The quantitative estimate of drug-likeness (QED) is 0.689. The number of hydrogen-bond acceptors (Lipinski definition) is 1. The first kappa shape index (κ1) is 7.47. The van der Waals surface area contributed by atoms with E-state index in [0.717, 1.165) is 29.8 Å². The summed E-state index contributed by atoms with van der Waals surface area (Å²) >= 11 is 0. The second kappa shape index (κ2) is 3.05. The molecule has 0 saturated heterocycles. The molecule has 2 bridgehead atoms. The Morgan fingerprint density at radius 2 is 2.33 bits per heavy atom. The van der Waals surface area contributed by atoms with E-state index in [1.54, 1.807) is 0 Å². The summed E-state index contributed by atoms with van der Waals surface area (Å²) in [6, 6.07) is 6.16. The van der Waals surface area contributed by atoms with Crippen LogP contribution in [0.3, 0.4) is 0 Å². The van der Waals surface area contributed by atoms with Gasteiger partial charge in [-0.05, 0) is 18.6 Å². The van der Waals surface area contributed by atoms with Gasteiger partial charge in [0.05, 0.1) is 12.1 Å². The van der Waals surface area contributed by atoms with Gasteiger partial charge in [-0.25, -0.2) is 0 Å². The number of fused-ring (bicyclic) bond motifs is 2. The van der Waals surface area contributed by atoms with Crippen LogP contribution in [0.5, 0.6) is 5.75 Å². The number of aromatic amines is 1. The molecule has 0 spiro atoms. The molecule has 64 valence electrons.